The fourth-order valence-electron chi connectivity index (χ4n) is 2.81. The molecule has 6 nitrogen and oxygen atoms in total. The molecule has 1 aliphatic rings. The minimum absolute atomic E-state index is 0.551. The standard InChI is InChI=1S/C17H20N4O2S/c1-10(2)13-14-15(20-9-19-13)17(3,16(18)21-14)24(22)12-7-5-11(23-4)6-8-12/h5-9,16,21H,1,18H2,2-4H3. The molecular formula is C17H20N4O2S. The van der Waals surface area contributed by atoms with Gasteiger partial charge >= 0.3 is 0 Å². The number of methoxy groups -OCH3 is 1. The van der Waals surface area contributed by atoms with Crippen LogP contribution in [0.3, 0.4) is 0 Å². The fourth-order valence-corrected chi connectivity index (χ4v) is 4.30. The molecule has 7 heteroatoms. The van der Waals surface area contributed by atoms with Crippen molar-refractivity contribution >= 4 is 22.1 Å². The van der Waals surface area contributed by atoms with E-state index < -0.39 is 21.7 Å². The summed E-state index contributed by atoms with van der Waals surface area (Å²) in [5, 5.41) is 3.19. The Morgan fingerprint density at radius 3 is 2.62 bits per heavy atom. The Bertz CT molecular complexity index is 822. The molecule has 0 amide bonds. The normalized spacial score (nSPS) is 23.2. The van der Waals surface area contributed by atoms with Crippen molar-refractivity contribution in [2.24, 2.45) is 5.73 Å². The molecule has 24 heavy (non-hydrogen) atoms. The summed E-state index contributed by atoms with van der Waals surface area (Å²) in [5.74, 6) is 0.710. The van der Waals surface area contributed by atoms with Crippen LogP contribution in [0.15, 0.2) is 42.1 Å². The number of nitrogens with zero attached hydrogens (tertiary/aromatic N) is 2. The number of ether oxygens (including phenoxy) is 1. The van der Waals surface area contributed by atoms with Crippen molar-refractivity contribution in [2.75, 3.05) is 12.4 Å². The monoisotopic (exact) mass is 344 g/mol. The zero-order valence-electron chi connectivity index (χ0n) is 13.9. The zero-order valence-corrected chi connectivity index (χ0v) is 14.7. The minimum atomic E-state index is -1.41. The van der Waals surface area contributed by atoms with Crippen LogP contribution in [-0.2, 0) is 15.5 Å². The quantitative estimate of drug-likeness (QED) is 0.884. The molecule has 0 spiro atoms. The second-order valence-electron chi connectivity index (χ2n) is 5.90. The van der Waals surface area contributed by atoms with Crippen molar-refractivity contribution in [3.8, 4) is 5.75 Å². The summed E-state index contributed by atoms with van der Waals surface area (Å²) in [5.41, 5.74) is 9.16. The van der Waals surface area contributed by atoms with E-state index in [1.165, 1.54) is 6.33 Å². The summed E-state index contributed by atoms with van der Waals surface area (Å²) in [6, 6.07) is 7.13. The molecule has 1 aromatic heterocycles. The minimum Gasteiger partial charge on any atom is -0.497 e. The Hall–Kier alpha value is -2.25. The first kappa shape index (κ1) is 16.6. The summed E-state index contributed by atoms with van der Waals surface area (Å²) < 4.78 is 17.6. The van der Waals surface area contributed by atoms with Crippen LogP contribution in [0.1, 0.15) is 25.2 Å². The number of anilines is 1. The highest BCUT2D eigenvalue weighted by atomic mass is 32.2. The lowest BCUT2D eigenvalue weighted by Crippen LogP contribution is -2.46. The molecule has 0 saturated heterocycles. The molecule has 1 aromatic carbocycles. The number of nitrogens with two attached hydrogens (primary N) is 1. The number of fused-ring (bicyclic) bond motifs is 1. The number of benzene rings is 1. The first-order valence-corrected chi connectivity index (χ1v) is 8.64. The molecule has 1 aliphatic heterocycles. The van der Waals surface area contributed by atoms with Crippen molar-refractivity contribution in [1.29, 1.82) is 0 Å². The third kappa shape index (κ3) is 2.40. The summed E-state index contributed by atoms with van der Waals surface area (Å²) >= 11 is 0. The molecule has 0 saturated carbocycles. The molecule has 2 aromatic rings. The van der Waals surface area contributed by atoms with Crippen LogP contribution in [0.25, 0.3) is 5.57 Å². The predicted molar refractivity (Wildman–Crippen MR) is 95.1 cm³/mol. The van der Waals surface area contributed by atoms with Gasteiger partial charge in [0.2, 0.25) is 0 Å². The number of rotatable bonds is 4. The van der Waals surface area contributed by atoms with Crippen LogP contribution in [0.5, 0.6) is 5.75 Å². The first-order chi connectivity index (χ1) is 11.4. The van der Waals surface area contributed by atoms with Gasteiger partial charge in [0.1, 0.15) is 16.8 Å². The topological polar surface area (TPSA) is 90.1 Å². The number of nitrogens with one attached hydrogen (secondary N) is 1. The first-order valence-electron chi connectivity index (χ1n) is 7.49. The molecule has 0 fully saturated rings. The van der Waals surface area contributed by atoms with Gasteiger partial charge in [0, 0.05) is 4.90 Å². The van der Waals surface area contributed by atoms with Crippen molar-refractivity contribution in [2.45, 2.75) is 29.7 Å². The van der Waals surface area contributed by atoms with E-state index in [0.717, 1.165) is 5.57 Å². The van der Waals surface area contributed by atoms with Crippen LogP contribution >= 0.6 is 0 Å². The van der Waals surface area contributed by atoms with Crippen molar-refractivity contribution < 1.29 is 8.95 Å². The van der Waals surface area contributed by atoms with Gasteiger partial charge in [-0.05, 0) is 43.7 Å². The maximum absolute atomic E-state index is 13.3. The van der Waals surface area contributed by atoms with E-state index in [9.17, 15) is 4.21 Å². The molecule has 0 aliphatic carbocycles. The van der Waals surface area contributed by atoms with Crippen molar-refractivity contribution in [3.05, 3.63) is 48.6 Å². The van der Waals surface area contributed by atoms with Gasteiger partial charge in [-0.2, -0.15) is 0 Å². The zero-order chi connectivity index (χ0) is 17.5. The smallest absolute Gasteiger partial charge is 0.125 e. The Morgan fingerprint density at radius 1 is 1.38 bits per heavy atom. The second-order valence-corrected chi connectivity index (χ2v) is 7.76. The number of hydrogen-bond donors (Lipinski definition) is 2. The maximum atomic E-state index is 13.3. The van der Waals surface area contributed by atoms with Crippen molar-refractivity contribution in [3.63, 3.8) is 0 Å². The van der Waals surface area contributed by atoms with E-state index in [-0.39, 0.29) is 0 Å². The summed E-state index contributed by atoms with van der Waals surface area (Å²) in [4.78, 5) is 9.30. The fraction of sp³-hybridized carbons (Fsp3) is 0.294. The lowest BCUT2D eigenvalue weighted by Gasteiger charge is -2.27. The second kappa shape index (κ2) is 5.99. The predicted octanol–water partition coefficient (Wildman–Crippen LogP) is 2.25. The molecule has 3 atom stereocenters. The number of allylic oxidation sites excluding steroid dienone is 1. The van der Waals surface area contributed by atoms with E-state index in [2.05, 4.69) is 21.9 Å². The van der Waals surface area contributed by atoms with E-state index in [0.29, 0.717) is 27.7 Å². The molecule has 126 valence electrons. The molecule has 2 heterocycles. The van der Waals surface area contributed by atoms with Gasteiger partial charge in [-0.25, -0.2) is 9.97 Å². The largest absolute Gasteiger partial charge is 0.497 e. The van der Waals surface area contributed by atoms with E-state index >= 15 is 0 Å². The van der Waals surface area contributed by atoms with Gasteiger partial charge < -0.3 is 15.8 Å². The van der Waals surface area contributed by atoms with Gasteiger partial charge in [-0.15, -0.1) is 0 Å². The number of hydrogen-bond acceptors (Lipinski definition) is 6. The molecular weight excluding hydrogens is 324 g/mol. The van der Waals surface area contributed by atoms with Gasteiger partial charge in [0.25, 0.3) is 0 Å². The van der Waals surface area contributed by atoms with Gasteiger partial charge in [0.15, 0.2) is 0 Å². The number of aromatic nitrogens is 2. The summed E-state index contributed by atoms with van der Waals surface area (Å²) in [6.07, 6.45) is 0.914. The Morgan fingerprint density at radius 2 is 2.04 bits per heavy atom. The van der Waals surface area contributed by atoms with Crippen LogP contribution in [0, 0.1) is 0 Å². The maximum Gasteiger partial charge on any atom is 0.125 e. The summed E-state index contributed by atoms with van der Waals surface area (Å²) in [7, 11) is 0.183. The summed E-state index contributed by atoms with van der Waals surface area (Å²) in [6.45, 7) is 7.66. The Labute approximate surface area is 143 Å². The van der Waals surface area contributed by atoms with E-state index in [1.807, 2.05) is 13.8 Å². The lowest BCUT2D eigenvalue weighted by molar-refractivity contribution is 0.414. The van der Waals surface area contributed by atoms with Gasteiger partial charge in [-0.1, -0.05) is 6.58 Å². The molecule has 3 unspecified atom stereocenters. The Kier molecular flexibility index (Phi) is 4.15. The van der Waals surface area contributed by atoms with Crippen LogP contribution in [0.4, 0.5) is 5.69 Å². The molecule has 3 rings (SSSR count). The average Bonchev–Trinajstić information content (AvgIpc) is 2.86. The Balaban J connectivity index is 2.09. The highest BCUT2D eigenvalue weighted by molar-refractivity contribution is 7.86. The molecule has 3 N–H and O–H groups in total. The van der Waals surface area contributed by atoms with Crippen LogP contribution in [-0.4, -0.2) is 27.5 Å². The molecule has 0 bridgehead atoms. The third-order valence-electron chi connectivity index (χ3n) is 4.27. The highest BCUT2D eigenvalue weighted by Gasteiger charge is 2.49. The van der Waals surface area contributed by atoms with E-state index in [1.54, 1.807) is 31.4 Å². The third-order valence-corrected chi connectivity index (χ3v) is 6.19. The average molecular weight is 344 g/mol. The SMILES string of the molecule is C=C(C)c1ncnc2c1NC(N)C2(C)S(=O)c1ccc(OC)cc1. The van der Waals surface area contributed by atoms with Crippen LogP contribution < -0.4 is 15.8 Å². The lowest BCUT2D eigenvalue weighted by atomic mass is 10.1. The molecule has 0 radical (unpaired) electrons. The highest BCUT2D eigenvalue weighted by Crippen LogP contribution is 2.44. The van der Waals surface area contributed by atoms with Gasteiger partial charge in [0.05, 0.1) is 41.2 Å². The van der Waals surface area contributed by atoms with E-state index in [4.69, 9.17) is 10.5 Å². The van der Waals surface area contributed by atoms with Crippen LogP contribution in [0.2, 0.25) is 0 Å². The van der Waals surface area contributed by atoms with Crippen molar-refractivity contribution in [1.82, 2.24) is 9.97 Å². The van der Waals surface area contributed by atoms with Gasteiger partial charge in [-0.3, -0.25) is 4.21 Å².